The number of rotatable bonds is 3. The minimum atomic E-state index is -4.73. The number of aliphatic hydroxyl groups is 4. The summed E-state index contributed by atoms with van der Waals surface area (Å²) in [6, 6.07) is 0. The predicted octanol–water partition coefficient (Wildman–Crippen LogP) is -3.91. The third-order valence-electron chi connectivity index (χ3n) is 2.37. The summed E-state index contributed by atoms with van der Waals surface area (Å²) in [4.78, 5) is 20.7. The van der Waals surface area contributed by atoms with Crippen molar-refractivity contribution in [2.24, 2.45) is 0 Å². The van der Waals surface area contributed by atoms with Gasteiger partial charge in [-0.3, -0.25) is 0 Å². The molecule has 1 aliphatic rings. The Morgan fingerprint density at radius 3 is 2.12 bits per heavy atom. The van der Waals surface area contributed by atoms with Gasteiger partial charge in [-0.25, -0.2) is 0 Å². The van der Waals surface area contributed by atoms with Crippen LogP contribution in [-0.2, 0) is 9.30 Å². The first-order chi connectivity index (χ1) is 7.22. The third-order valence-corrected chi connectivity index (χ3v) is 3.18. The van der Waals surface area contributed by atoms with Crippen LogP contribution in [0.3, 0.4) is 0 Å². The fourth-order valence-electron chi connectivity index (χ4n) is 1.45. The molecule has 0 aromatic rings. The van der Waals surface area contributed by atoms with Crippen LogP contribution < -0.4 is 9.79 Å². The molecule has 1 aliphatic heterocycles. The molecule has 0 amide bonds. The van der Waals surface area contributed by atoms with Crippen molar-refractivity contribution in [2.75, 3.05) is 6.16 Å². The van der Waals surface area contributed by atoms with Crippen LogP contribution in [0.15, 0.2) is 0 Å². The molecule has 1 heterocycles. The van der Waals surface area contributed by atoms with Crippen molar-refractivity contribution in [1.82, 2.24) is 0 Å². The lowest BCUT2D eigenvalue weighted by Gasteiger charge is -2.40. The Morgan fingerprint density at radius 1 is 1.06 bits per heavy atom. The summed E-state index contributed by atoms with van der Waals surface area (Å²) in [5.74, 6) is 0. The van der Waals surface area contributed by atoms with Gasteiger partial charge in [0.05, 0.1) is 6.10 Å². The lowest BCUT2D eigenvalue weighted by molar-refractivity contribution is -0.315. The first-order valence-corrected chi connectivity index (χ1v) is 6.34. The Kier molecular flexibility index (Phi) is 4.44. The summed E-state index contributed by atoms with van der Waals surface area (Å²) in [6.07, 6.45) is -8.91. The highest BCUT2D eigenvalue weighted by Gasteiger charge is 2.42. The zero-order chi connectivity index (χ0) is 12.5. The molecule has 0 aromatic heterocycles. The monoisotopic (exact) mass is 256 g/mol. The highest BCUT2D eigenvalue weighted by Crippen LogP contribution is 2.29. The molecule has 1 saturated heterocycles. The first-order valence-electron chi connectivity index (χ1n) is 4.61. The van der Waals surface area contributed by atoms with Crippen LogP contribution in [-0.4, -0.2) is 57.3 Å². The van der Waals surface area contributed by atoms with E-state index in [0.717, 1.165) is 0 Å². The van der Waals surface area contributed by atoms with Crippen molar-refractivity contribution in [3.63, 3.8) is 0 Å². The van der Waals surface area contributed by atoms with E-state index in [-0.39, 0.29) is 6.42 Å². The molecular weight excluding hydrogens is 243 g/mol. The van der Waals surface area contributed by atoms with Gasteiger partial charge in [-0.05, 0) is 12.6 Å². The Hall–Kier alpha value is -0.0500. The molecule has 8 nitrogen and oxygen atoms in total. The number of hydrogen-bond donors (Lipinski definition) is 4. The summed E-state index contributed by atoms with van der Waals surface area (Å²) >= 11 is 0. The van der Waals surface area contributed by atoms with Crippen LogP contribution in [0, 0.1) is 0 Å². The second-order valence-electron chi connectivity index (χ2n) is 3.66. The third kappa shape index (κ3) is 3.47. The van der Waals surface area contributed by atoms with Crippen LogP contribution in [0.25, 0.3) is 0 Å². The molecule has 0 aromatic carbocycles. The predicted molar refractivity (Wildman–Crippen MR) is 46.0 cm³/mol. The maximum Gasteiger partial charge on any atom is 0.183 e. The summed E-state index contributed by atoms with van der Waals surface area (Å²) in [7, 11) is -4.73. The molecule has 4 N–H and O–H groups in total. The molecule has 1 rings (SSSR count). The van der Waals surface area contributed by atoms with Gasteiger partial charge in [0.2, 0.25) is 0 Å². The Bertz CT molecular complexity index is 278. The van der Waals surface area contributed by atoms with Crippen molar-refractivity contribution in [2.45, 2.75) is 37.1 Å². The number of hydrogen-bond acceptors (Lipinski definition) is 8. The van der Waals surface area contributed by atoms with Gasteiger partial charge < -0.3 is 39.5 Å². The largest absolute Gasteiger partial charge is 0.811 e. The molecule has 0 radical (unpaired) electrons. The van der Waals surface area contributed by atoms with Crippen LogP contribution in [0.4, 0.5) is 0 Å². The van der Waals surface area contributed by atoms with Crippen LogP contribution in [0.2, 0.25) is 0 Å². The molecule has 0 unspecified atom stereocenters. The van der Waals surface area contributed by atoms with Crippen molar-refractivity contribution in [1.29, 1.82) is 0 Å². The molecular formula is C7H13O8P-2. The molecule has 5 atom stereocenters. The Labute approximate surface area is 91.3 Å². The summed E-state index contributed by atoms with van der Waals surface area (Å²) in [5, 5.41) is 36.8. The molecule has 0 aliphatic carbocycles. The average Bonchev–Trinajstić information content (AvgIpc) is 2.17. The van der Waals surface area contributed by atoms with Gasteiger partial charge in [0.1, 0.15) is 18.3 Å². The highest BCUT2D eigenvalue weighted by atomic mass is 31.2. The van der Waals surface area contributed by atoms with Crippen molar-refractivity contribution >= 4 is 7.60 Å². The zero-order valence-corrected chi connectivity index (χ0v) is 9.06. The van der Waals surface area contributed by atoms with E-state index in [1.807, 2.05) is 0 Å². The van der Waals surface area contributed by atoms with E-state index in [0.29, 0.717) is 0 Å². The van der Waals surface area contributed by atoms with Gasteiger partial charge in [-0.1, -0.05) is 7.60 Å². The highest BCUT2D eigenvalue weighted by molar-refractivity contribution is 7.48. The molecule has 0 spiro atoms. The van der Waals surface area contributed by atoms with Crippen molar-refractivity contribution in [3.8, 4) is 0 Å². The molecule has 1 fully saturated rings. The number of ether oxygens (including phenoxy) is 1. The van der Waals surface area contributed by atoms with Crippen LogP contribution >= 0.6 is 7.60 Å². The Balaban J connectivity index is 2.57. The summed E-state index contributed by atoms with van der Waals surface area (Å²) in [5.41, 5.74) is 0. The topological polar surface area (TPSA) is 153 Å². The quantitative estimate of drug-likeness (QED) is 0.373. The minimum Gasteiger partial charge on any atom is -0.811 e. The van der Waals surface area contributed by atoms with Crippen LogP contribution in [0.5, 0.6) is 0 Å². The van der Waals surface area contributed by atoms with E-state index >= 15 is 0 Å². The fraction of sp³-hybridized carbons (Fsp3) is 1.00. The average molecular weight is 256 g/mol. The van der Waals surface area contributed by atoms with Crippen LogP contribution in [0.1, 0.15) is 6.42 Å². The van der Waals surface area contributed by atoms with Crippen molar-refractivity contribution in [3.05, 3.63) is 0 Å². The standard InChI is InChI=1S/C7H15O8P/c8-4-3(1-2-16(12,13)14)15-7(11)6(10)5(4)9/h3-11H,1-2H2,(H2,12,13,14)/p-2/t3-,4-,5+,6-,7-/m1/s1. The van der Waals surface area contributed by atoms with Gasteiger partial charge >= 0.3 is 0 Å². The van der Waals surface area contributed by atoms with Gasteiger partial charge in [-0.2, -0.15) is 0 Å². The Morgan fingerprint density at radius 2 is 1.62 bits per heavy atom. The first kappa shape index (κ1) is 14.0. The van der Waals surface area contributed by atoms with Crippen molar-refractivity contribution < 1.29 is 39.5 Å². The normalized spacial score (nSPS) is 41.0. The van der Waals surface area contributed by atoms with Gasteiger partial charge in [-0.15, -0.1) is 0 Å². The number of aliphatic hydroxyl groups excluding tert-OH is 4. The second kappa shape index (κ2) is 5.07. The molecule has 0 bridgehead atoms. The molecule has 9 heteroatoms. The zero-order valence-electron chi connectivity index (χ0n) is 8.17. The molecule has 16 heavy (non-hydrogen) atoms. The van der Waals surface area contributed by atoms with E-state index in [1.165, 1.54) is 0 Å². The van der Waals surface area contributed by atoms with Gasteiger partial charge in [0.15, 0.2) is 6.29 Å². The lowest BCUT2D eigenvalue weighted by atomic mass is 9.97. The van der Waals surface area contributed by atoms with E-state index in [1.54, 1.807) is 0 Å². The van der Waals surface area contributed by atoms with Gasteiger partial charge in [0.25, 0.3) is 0 Å². The van der Waals surface area contributed by atoms with E-state index in [2.05, 4.69) is 4.74 Å². The summed E-state index contributed by atoms with van der Waals surface area (Å²) < 4.78 is 15.0. The smallest absolute Gasteiger partial charge is 0.183 e. The van der Waals surface area contributed by atoms with Gasteiger partial charge in [0, 0.05) is 0 Å². The lowest BCUT2D eigenvalue weighted by Crippen LogP contribution is -2.57. The second-order valence-corrected chi connectivity index (χ2v) is 5.33. The SMILES string of the molecule is O=P([O-])([O-])CC[C@H]1O[C@@H](O)[C@H](O)[C@@H](O)[C@@H]1O. The maximum atomic E-state index is 10.4. The fourth-order valence-corrected chi connectivity index (χ4v) is 2.03. The summed E-state index contributed by atoms with van der Waals surface area (Å²) in [6.45, 7) is 0. The molecule has 0 saturated carbocycles. The minimum absolute atomic E-state index is 0.355. The van der Waals surface area contributed by atoms with E-state index in [4.69, 9.17) is 10.2 Å². The van der Waals surface area contributed by atoms with E-state index in [9.17, 15) is 24.6 Å². The maximum absolute atomic E-state index is 10.4. The van der Waals surface area contributed by atoms with E-state index < -0.39 is 44.5 Å². The molecule has 96 valence electrons.